The minimum atomic E-state index is -0.488. The smallest absolute Gasteiger partial charge is 0.411 e. The second-order valence-corrected chi connectivity index (χ2v) is 5.46. The topological polar surface area (TPSA) is 47.6 Å². The number of rotatable bonds is 5. The number of para-hydroxylation sites is 1. The Balaban J connectivity index is 2.18. The molecule has 0 aliphatic rings. The molecule has 2 aromatic rings. The van der Waals surface area contributed by atoms with Crippen LogP contribution in [0.4, 0.5) is 10.5 Å². The molecule has 0 bridgehead atoms. The number of benzene rings is 2. The van der Waals surface area contributed by atoms with E-state index in [9.17, 15) is 4.79 Å². The van der Waals surface area contributed by atoms with Gasteiger partial charge in [-0.2, -0.15) is 0 Å². The summed E-state index contributed by atoms with van der Waals surface area (Å²) in [4.78, 5) is 11.4. The van der Waals surface area contributed by atoms with Gasteiger partial charge in [0.25, 0.3) is 0 Å². The number of methoxy groups -OCH3 is 1. The van der Waals surface area contributed by atoms with E-state index in [1.54, 1.807) is 0 Å². The van der Waals surface area contributed by atoms with E-state index in [1.165, 1.54) is 23.8 Å². The van der Waals surface area contributed by atoms with Crippen LogP contribution in [0.2, 0.25) is 0 Å². The van der Waals surface area contributed by atoms with Crippen molar-refractivity contribution in [2.24, 2.45) is 0 Å². The monoisotopic (exact) mass is 313 g/mol. The normalized spacial score (nSPS) is 10.3. The molecule has 0 atom stereocenters. The summed E-state index contributed by atoms with van der Waals surface area (Å²) < 4.78 is 10.7. The van der Waals surface area contributed by atoms with Gasteiger partial charge in [0.15, 0.2) is 0 Å². The van der Waals surface area contributed by atoms with Gasteiger partial charge in [-0.15, -0.1) is 0 Å². The van der Waals surface area contributed by atoms with Crippen LogP contribution in [0.3, 0.4) is 0 Å². The maximum atomic E-state index is 11.4. The molecule has 0 heterocycles. The van der Waals surface area contributed by atoms with E-state index in [0.29, 0.717) is 12.3 Å². The molecular weight excluding hydrogens is 290 g/mol. The third kappa shape index (κ3) is 4.25. The number of amides is 1. The van der Waals surface area contributed by atoms with Gasteiger partial charge in [0, 0.05) is 5.56 Å². The highest BCUT2D eigenvalue weighted by molar-refractivity contribution is 5.85. The van der Waals surface area contributed by atoms with Gasteiger partial charge in [-0.3, -0.25) is 5.32 Å². The number of anilines is 1. The minimum Gasteiger partial charge on any atom is -0.489 e. The van der Waals surface area contributed by atoms with Gasteiger partial charge in [0.1, 0.15) is 12.4 Å². The molecule has 0 fully saturated rings. The molecule has 4 nitrogen and oxygen atoms in total. The number of aryl methyl sites for hydroxylation is 3. The second-order valence-electron chi connectivity index (χ2n) is 5.46. The summed E-state index contributed by atoms with van der Waals surface area (Å²) in [6.45, 7) is 6.68. The van der Waals surface area contributed by atoms with Crippen molar-refractivity contribution in [2.45, 2.75) is 33.8 Å². The van der Waals surface area contributed by atoms with Gasteiger partial charge in [-0.05, 0) is 49.1 Å². The molecule has 1 amide bonds. The highest BCUT2D eigenvalue weighted by atomic mass is 16.5. The Bertz CT molecular complexity index is 695. The summed E-state index contributed by atoms with van der Waals surface area (Å²) in [5, 5.41) is 2.70. The summed E-state index contributed by atoms with van der Waals surface area (Å²) in [6.07, 6.45) is 0.427. The lowest BCUT2D eigenvalue weighted by Gasteiger charge is -2.15. The van der Waals surface area contributed by atoms with Crippen molar-refractivity contribution in [2.75, 3.05) is 12.4 Å². The fourth-order valence-electron chi connectivity index (χ4n) is 2.34. The summed E-state index contributed by atoms with van der Waals surface area (Å²) in [5.74, 6) is 0.892. The van der Waals surface area contributed by atoms with E-state index < -0.39 is 6.09 Å². The van der Waals surface area contributed by atoms with Gasteiger partial charge >= 0.3 is 6.09 Å². The van der Waals surface area contributed by atoms with E-state index in [-0.39, 0.29) is 0 Å². The molecule has 0 aliphatic carbocycles. The van der Waals surface area contributed by atoms with Crippen LogP contribution in [-0.4, -0.2) is 13.2 Å². The lowest BCUT2D eigenvalue weighted by molar-refractivity contribution is 0.187. The third-order valence-electron chi connectivity index (χ3n) is 3.88. The SMILES string of the molecule is CCc1cc(C)c(C)cc1OCc1ccccc1NC(=O)OC. The largest absolute Gasteiger partial charge is 0.489 e. The van der Waals surface area contributed by atoms with Crippen LogP contribution >= 0.6 is 0 Å². The van der Waals surface area contributed by atoms with Crippen molar-refractivity contribution in [3.63, 3.8) is 0 Å². The summed E-state index contributed by atoms with van der Waals surface area (Å²) >= 11 is 0. The zero-order valence-corrected chi connectivity index (χ0v) is 14.1. The van der Waals surface area contributed by atoms with Crippen molar-refractivity contribution in [1.29, 1.82) is 0 Å². The number of carbonyl (C=O) groups excluding carboxylic acids is 1. The Kier molecular flexibility index (Phi) is 5.63. The average molecular weight is 313 g/mol. The van der Waals surface area contributed by atoms with Gasteiger partial charge < -0.3 is 9.47 Å². The van der Waals surface area contributed by atoms with Crippen molar-refractivity contribution in [1.82, 2.24) is 0 Å². The molecule has 2 aromatic carbocycles. The first-order valence-corrected chi connectivity index (χ1v) is 7.71. The molecule has 0 spiro atoms. The Morgan fingerprint density at radius 1 is 1.09 bits per heavy atom. The van der Waals surface area contributed by atoms with Gasteiger partial charge in [0.05, 0.1) is 12.8 Å². The minimum absolute atomic E-state index is 0.385. The molecule has 23 heavy (non-hydrogen) atoms. The van der Waals surface area contributed by atoms with Crippen molar-refractivity contribution in [3.05, 3.63) is 58.7 Å². The van der Waals surface area contributed by atoms with Gasteiger partial charge in [0.2, 0.25) is 0 Å². The van der Waals surface area contributed by atoms with Crippen molar-refractivity contribution in [3.8, 4) is 5.75 Å². The van der Waals surface area contributed by atoms with Crippen LogP contribution < -0.4 is 10.1 Å². The molecule has 0 aromatic heterocycles. The van der Waals surface area contributed by atoms with Crippen LogP contribution in [-0.2, 0) is 17.8 Å². The Morgan fingerprint density at radius 3 is 2.48 bits per heavy atom. The fourth-order valence-corrected chi connectivity index (χ4v) is 2.34. The van der Waals surface area contributed by atoms with E-state index in [2.05, 4.69) is 43.0 Å². The quantitative estimate of drug-likeness (QED) is 0.876. The molecule has 122 valence electrons. The Morgan fingerprint density at radius 2 is 1.78 bits per heavy atom. The fraction of sp³-hybridized carbons (Fsp3) is 0.316. The lowest BCUT2D eigenvalue weighted by atomic mass is 10.0. The van der Waals surface area contributed by atoms with Crippen LogP contribution in [0.15, 0.2) is 36.4 Å². The Labute approximate surface area is 137 Å². The predicted octanol–water partition coefficient (Wildman–Crippen LogP) is 4.62. The molecule has 2 rings (SSSR count). The van der Waals surface area contributed by atoms with E-state index in [0.717, 1.165) is 17.7 Å². The highest BCUT2D eigenvalue weighted by Crippen LogP contribution is 2.26. The highest BCUT2D eigenvalue weighted by Gasteiger charge is 2.09. The second kappa shape index (κ2) is 7.68. The first-order chi connectivity index (χ1) is 11.0. The van der Waals surface area contributed by atoms with Crippen molar-refractivity contribution < 1.29 is 14.3 Å². The predicted molar refractivity (Wildman–Crippen MR) is 92.1 cm³/mol. The zero-order chi connectivity index (χ0) is 16.8. The number of hydrogen-bond acceptors (Lipinski definition) is 3. The van der Waals surface area contributed by atoms with Crippen LogP contribution in [0.1, 0.15) is 29.2 Å². The maximum Gasteiger partial charge on any atom is 0.411 e. The van der Waals surface area contributed by atoms with Crippen LogP contribution in [0.5, 0.6) is 5.75 Å². The van der Waals surface area contributed by atoms with Gasteiger partial charge in [-0.1, -0.05) is 31.2 Å². The summed E-state index contributed by atoms with van der Waals surface area (Å²) in [7, 11) is 1.34. The number of carbonyl (C=O) groups is 1. The summed E-state index contributed by atoms with van der Waals surface area (Å²) in [6, 6.07) is 11.8. The number of ether oxygens (including phenoxy) is 2. The molecule has 0 saturated carbocycles. The summed E-state index contributed by atoms with van der Waals surface area (Å²) in [5.41, 5.74) is 5.26. The molecule has 0 aliphatic heterocycles. The maximum absolute atomic E-state index is 11.4. The molecule has 0 saturated heterocycles. The van der Waals surface area contributed by atoms with E-state index in [1.807, 2.05) is 24.3 Å². The Hall–Kier alpha value is -2.49. The first kappa shape index (κ1) is 16.9. The van der Waals surface area contributed by atoms with Crippen LogP contribution in [0, 0.1) is 13.8 Å². The van der Waals surface area contributed by atoms with E-state index >= 15 is 0 Å². The van der Waals surface area contributed by atoms with Crippen molar-refractivity contribution >= 4 is 11.8 Å². The standard InChI is InChI=1S/C19H23NO3/c1-5-15-10-13(2)14(3)11-18(15)23-12-16-8-6-7-9-17(16)20-19(21)22-4/h6-11H,5,12H2,1-4H3,(H,20,21). The molecule has 0 unspecified atom stereocenters. The average Bonchev–Trinajstić information content (AvgIpc) is 2.56. The molecule has 0 radical (unpaired) electrons. The third-order valence-corrected chi connectivity index (χ3v) is 3.88. The molecule has 1 N–H and O–H groups in total. The number of hydrogen-bond donors (Lipinski definition) is 1. The van der Waals surface area contributed by atoms with Gasteiger partial charge in [-0.25, -0.2) is 4.79 Å². The van der Waals surface area contributed by atoms with Crippen LogP contribution in [0.25, 0.3) is 0 Å². The van der Waals surface area contributed by atoms with E-state index in [4.69, 9.17) is 4.74 Å². The first-order valence-electron chi connectivity index (χ1n) is 7.71. The zero-order valence-electron chi connectivity index (χ0n) is 14.1. The lowest BCUT2D eigenvalue weighted by Crippen LogP contribution is -2.13. The molecule has 4 heteroatoms. The number of nitrogens with one attached hydrogen (secondary N) is 1. The molecular formula is C19H23NO3.